The molecule has 0 bridgehead atoms. The van der Waals surface area contributed by atoms with E-state index < -0.39 is 46.8 Å². The molecule has 2 aliphatic heterocycles. The van der Waals surface area contributed by atoms with Gasteiger partial charge < -0.3 is 14.4 Å². The Morgan fingerprint density at radius 2 is 1.95 bits per heavy atom. The zero-order valence-electron chi connectivity index (χ0n) is 22.1. The monoisotopic (exact) mass is 647 g/mol. The Bertz CT molecular complexity index is 1600. The Kier molecular flexibility index (Phi) is 8.81. The van der Waals surface area contributed by atoms with Crippen molar-refractivity contribution < 1.29 is 35.0 Å². The van der Waals surface area contributed by atoms with Gasteiger partial charge in [0.2, 0.25) is 5.91 Å². The topological polar surface area (TPSA) is 106 Å². The van der Waals surface area contributed by atoms with E-state index in [9.17, 15) is 30.8 Å². The quantitative estimate of drug-likeness (QED) is 0.235. The van der Waals surface area contributed by atoms with Gasteiger partial charge >= 0.3 is 10.1 Å². The number of halogens is 5. The number of alkyl halides is 4. The molecule has 4 heterocycles. The molecule has 1 aromatic carbocycles. The predicted octanol–water partition coefficient (Wildman–Crippen LogP) is 5.69. The zero-order chi connectivity index (χ0) is 30.2. The van der Waals surface area contributed by atoms with Crippen molar-refractivity contribution in [2.45, 2.75) is 50.6 Å². The first-order chi connectivity index (χ1) is 19.9. The molecule has 1 amide bonds. The number of nitrogens with one attached hydrogen (secondary N) is 1. The molecular formula is C26H26ClF4N5O4S2. The second kappa shape index (κ2) is 12.2. The van der Waals surface area contributed by atoms with Crippen LogP contribution in [0.25, 0.3) is 5.57 Å². The highest BCUT2D eigenvalue weighted by molar-refractivity contribution is 7.86. The van der Waals surface area contributed by atoms with E-state index >= 15 is 0 Å². The van der Waals surface area contributed by atoms with E-state index in [1.54, 1.807) is 18.2 Å². The number of nitrogens with zero attached hydrogens (tertiary/aromatic N) is 4. The van der Waals surface area contributed by atoms with Crippen LogP contribution in [-0.2, 0) is 21.5 Å². The number of likely N-dealkylation sites (tertiary alicyclic amines) is 1. The molecule has 0 aliphatic carbocycles. The van der Waals surface area contributed by atoms with Crippen LogP contribution < -0.4 is 9.50 Å². The second-order valence-electron chi connectivity index (χ2n) is 10.0. The van der Waals surface area contributed by atoms with Gasteiger partial charge in [0.15, 0.2) is 0 Å². The number of thiazole rings is 1. The van der Waals surface area contributed by atoms with Crippen LogP contribution in [0.5, 0.6) is 5.75 Å². The van der Waals surface area contributed by atoms with Crippen molar-refractivity contribution in [1.29, 1.82) is 0 Å². The van der Waals surface area contributed by atoms with Crippen LogP contribution in [0.1, 0.15) is 71.7 Å². The third kappa shape index (κ3) is 6.73. The van der Waals surface area contributed by atoms with Crippen LogP contribution in [0.3, 0.4) is 0 Å². The molecule has 1 N–H and O–H groups in total. The summed E-state index contributed by atoms with van der Waals surface area (Å²) in [5.74, 6) is -0.223. The number of hydrogen-bond acceptors (Lipinski definition) is 8. The maximum absolute atomic E-state index is 13.3. The SMILES string of the molecule is CS(=O)(=O)Oc1cccc(Cl)c1[C@H]1CC(c2csc(C3CCN(C(=O)Cn4nc(C(F)F)cc4C(F)F)CC3)n2)=CN1. The molecule has 226 valence electrons. The van der Waals surface area contributed by atoms with Gasteiger partial charge in [-0.15, -0.1) is 11.3 Å². The van der Waals surface area contributed by atoms with E-state index in [1.807, 2.05) is 11.6 Å². The Morgan fingerprint density at radius 3 is 2.62 bits per heavy atom. The summed E-state index contributed by atoms with van der Waals surface area (Å²) in [5, 5.41) is 9.94. The normalized spacial score (nSPS) is 18.0. The van der Waals surface area contributed by atoms with Crippen LogP contribution in [0.2, 0.25) is 5.02 Å². The lowest BCUT2D eigenvalue weighted by Crippen LogP contribution is -2.40. The predicted molar refractivity (Wildman–Crippen MR) is 148 cm³/mol. The number of benzene rings is 1. The van der Waals surface area contributed by atoms with Gasteiger partial charge in [-0.1, -0.05) is 17.7 Å². The van der Waals surface area contributed by atoms with Crippen molar-refractivity contribution >= 4 is 44.5 Å². The van der Waals surface area contributed by atoms with Crippen molar-refractivity contribution in [3.63, 3.8) is 0 Å². The third-order valence-electron chi connectivity index (χ3n) is 7.10. The zero-order valence-corrected chi connectivity index (χ0v) is 24.5. The van der Waals surface area contributed by atoms with E-state index in [4.69, 9.17) is 20.8 Å². The van der Waals surface area contributed by atoms with Crippen LogP contribution in [0, 0.1) is 0 Å². The third-order valence-corrected chi connectivity index (χ3v) is 8.91. The van der Waals surface area contributed by atoms with E-state index in [0.717, 1.165) is 22.5 Å². The lowest BCUT2D eigenvalue weighted by Gasteiger charge is -2.31. The Hall–Kier alpha value is -3.17. The summed E-state index contributed by atoms with van der Waals surface area (Å²) in [6, 6.07) is 5.14. The summed E-state index contributed by atoms with van der Waals surface area (Å²) in [6.45, 7) is 0.198. The molecule has 0 radical (unpaired) electrons. The van der Waals surface area contributed by atoms with Crippen molar-refractivity contribution in [2.75, 3.05) is 19.3 Å². The maximum Gasteiger partial charge on any atom is 0.306 e. The summed E-state index contributed by atoms with van der Waals surface area (Å²) in [4.78, 5) is 19.1. The number of carbonyl (C=O) groups excluding carboxylic acids is 1. The van der Waals surface area contributed by atoms with E-state index in [0.29, 0.717) is 53.7 Å². The smallest absolute Gasteiger partial charge is 0.306 e. The first-order valence-corrected chi connectivity index (χ1v) is 16.0. The van der Waals surface area contributed by atoms with Gasteiger partial charge in [-0.2, -0.15) is 13.5 Å². The largest absolute Gasteiger partial charge is 0.383 e. The lowest BCUT2D eigenvalue weighted by molar-refractivity contribution is -0.133. The Labute approximate surface area is 248 Å². The van der Waals surface area contributed by atoms with E-state index in [1.165, 1.54) is 16.2 Å². The van der Waals surface area contributed by atoms with Gasteiger partial charge in [0.1, 0.15) is 23.7 Å². The molecule has 9 nitrogen and oxygen atoms in total. The molecule has 2 aromatic heterocycles. The van der Waals surface area contributed by atoms with Crippen LogP contribution in [0.4, 0.5) is 17.6 Å². The fourth-order valence-electron chi connectivity index (χ4n) is 5.08. The fraction of sp³-hybridized carbons (Fsp3) is 0.423. The van der Waals surface area contributed by atoms with Gasteiger partial charge in [0.25, 0.3) is 12.9 Å². The minimum absolute atomic E-state index is 0.0867. The summed E-state index contributed by atoms with van der Waals surface area (Å²) >= 11 is 7.90. The highest BCUT2D eigenvalue weighted by Crippen LogP contribution is 2.41. The molecule has 1 saturated heterocycles. The first-order valence-electron chi connectivity index (χ1n) is 12.9. The molecule has 3 aromatic rings. The number of hydrogen-bond donors (Lipinski definition) is 1. The molecule has 42 heavy (non-hydrogen) atoms. The van der Waals surface area contributed by atoms with E-state index in [2.05, 4.69) is 10.4 Å². The fourth-order valence-corrected chi connectivity index (χ4v) is 6.87. The molecule has 1 fully saturated rings. The standard InChI is InChI=1S/C26H26ClF4N5O4S2/c1-42(38,39)40-21-4-2-3-16(27)23(21)17-9-15(11-32-17)19-13-41-26(33-19)14-5-7-35(8-6-14)22(37)12-36-20(25(30)31)10-18(34-36)24(28)29/h2-4,10-11,13-14,17,24-25,32H,5-9,12H2,1H3/t17-/m1/s1. The number of piperidine rings is 1. The molecule has 5 rings (SSSR count). The van der Waals surface area contributed by atoms with Crippen molar-refractivity contribution in [3.05, 3.63) is 68.5 Å². The Balaban J connectivity index is 1.19. The van der Waals surface area contributed by atoms with Crippen molar-refractivity contribution in [3.8, 4) is 5.75 Å². The summed E-state index contributed by atoms with van der Waals surface area (Å²) in [7, 11) is -3.75. The minimum Gasteiger partial charge on any atom is -0.383 e. The molecule has 16 heteroatoms. The summed E-state index contributed by atoms with van der Waals surface area (Å²) in [5.41, 5.74) is 0.719. The van der Waals surface area contributed by atoms with Crippen molar-refractivity contribution in [1.82, 2.24) is 25.0 Å². The van der Waals surface area contributed by atoms with Gasteiger partial charge in [-0.05, 0) is 36.6 Å². The number of amides is 1. The molecule has 0 saturated carbocycles. The molecular weight excluding hydrogens is 622 g/mol. The first kappa shape index (κ1) is 30.3. The number of carbonyl (C=O) groups is 1. The van der Waals surface area contributed by atoms with Gasteiger partial charge in [-0.25, -0.2) is 22.5 Å². The maximum atomic E-state index is 13.3. The van der Waals surface area contributed by atoms with E-state index in [-0.39, 0.29) is 17.7 Å². The van der Waals surface area contributed by atoms with Crippen molar-refractivity contribution in [2.24, 2.45) is 0 Å². The lowest BCUT2D eigenvalue weighted by atomic mass is 9.97. The Morgan fingerprint density at radius 1 is 1.21 bits per heavy atom. The van der Waals surface area contributed by atoms with Gasteiger partial charge in [0.05, 0.1) is 23.0 Å². The molecule has 1 atom stereocenters. The van der Waals surface area contributed by atoms with Gasteiger partial charge in [-0.3, -0.25) is 9.48 Å². The highest BCUT2D eigenvalue weighted by atomic mass is 35.5. The van der Waals surface area contributed by atoms with Crippen LogP contribution in [-0.4, -0.2) is 53.3 Å². The van der Waals surface area contributed by atoms with Gasteiger partial charge in [0, 0.05) is 47.6 Å². The summed E-state index contributed by atoms with van der Waals surface area (Å²) in [6.07, 6.45) is -1.55. The summed E-state index contributed by atoms with van der Waals surface area (Å²) < 4.78 is 81.7. The second-order valence-corrected chi connectivity index (χ2v) is 12.9. The average molecular weight is 648 g/mol. The minimum atomic E-state index is -3.75. The highest BCUT2D eigenvalue weighted by Gasteiger charge is 2.30. The van der Waals surface area contributed by atoms with Crippen LogP contribution >= 0.6 is 22.9 Å². The molecule has 0 unspecified atom stereocenters. The number of rotatable bonds is 9. The number of aromatic nitrogens is 3. The average Bonchev–Trinajstić information content (AvgIpc) is 3.68. The molecule has 0 spiro atoms. The van der Waals surface area contributed by atoms with Crippen LogP contribution in [0.15, 0.2) is 35.8 Å². The molecule has 2 aliphatic rings.